The van der Waals surface area contributed by atoms with Gasteiger partial charge in [-0.15, -0.1) is 0 Å². The molecule has 0 aliphatic heterocycles. The molecule has 3 aromatic rings. The fourth-order valence-electron chi connectivity index (χ4n) is 2.35. The van der Waals surface area contributed by atoms with Crippen molar-refractivity contribution < 1.29 is 13.6 Å². The normalized spacial score (nSPS) is 11.5. The van der Waals surface area contributed by atoms with Gasteiger partial charge in [0.1, 0.15) is 0 Å². The Labute approximate surface area is 163 Å². The van der Waals surface area contributed by atoms with E-state index in [2.05, 4.69) is 36.2 Å². The largest absolute Gasteiger partial charge is 0.355 e. The molecule has 0 unspecified atom stereocenters. The number of halogens is 1. The molecule has 0 spiro atoms. The lowest BCUT2D eigenvalue weighted by Gasteiger charge is -2.18. The molecule has 0 aliphatic rings. The van der Waals surface area contributed by atoms with Crippen molar-refractivity contribution in [2.45, 2.75) is 0 Å². The van der Waals surface area contributed by atoms with Crippen molar-refractivity contribution >= 4 is 54.6 Å². The lowest BCUT2D eigenvalue weighted by molar-refractivity contribution is 0.312. The zero-order chi connectivity index (χ0) is 19.6. The number of benzene rings is 1. The second-order valence-corrected chi connectivity index (χ2v) is 8.23. The maximum Gasteiger partial charge on any atom is 0.210 e. The number of H-pyrrole nitrogens is 1. The van der Waals surface area contributed by atoms with Gasteiger partial charge >= 0.3 is 0 Å². The van der Waals surface area contributed by atoms with E-state index in [1.807, 2.05) is 0 Å². The van der Waals surface area contributed by atoms with Crippen LogP contribution in [0.25, 0.3) is 11.2 Å². The molecule has 1 aromatic carbocycles. The second-order valence-electron chi connectivity index (χ2n) is 5.58. The number of aromatic amines is 1. The molecule has 2 aromatic heterocycles. The summed E-state index contributed by atoms with van der Waals surface area (Å²) >= 11 is 3.32. The number of fused-ring (bicyclic) bond motifs is 1. The highest BCUT2D eigenvalue weighted by atomic mass is 79.9. The molecule has 0 fully saturated rings. The molecular formula is C15H16BrN7O3S. The number of imidazole rings is 1. The molecule has 2 heterocycles. The Morgan fingerprint density at radius 2 is 2.19 bits per heavy atom. The van der Waals surface area contributed by atoms with Crippen LogP contribution in [0.1, 0.15) is 5.56 Å². The standard InChI is InChI=1S/C15H16BrN7O3S/c16-9-2-1-3-10(8-9)23(24)13(17)11-4-5-19-14-12(11)21-15(22-14)20-6-7-27(18,25)26/h1-5,8,17,24H,6-7H2,(H2,18,25,26)(H2,19,20,21,22). The number of hydroxylamine groups is 1. The van der Waals surface area contributed by atoms with Gasteiger partial charge in [0.15, 0.2) is 11.5 Å². The highest BCUT2D eigenvalue weighted by molar-refractivity contribution is 9.10. The topological polar surface area (TPSA) is 161 Å². The third-order valence-corrected chi connectivity index (χ3v) is 4.86. The van der Waals surface area contributed by atoms with E-state index in [1.165, 1.54) is 6.20 Å². The highest BCUT2D eigenvalue weighted by Gasteiger charge is 2.17. The summed E-state index contributed by atoms with van der Waals surface area (Å²) in [6.45, 7) is 0.0651. The van der Waals surface area contributed by atoms with Crippen molar-refractivity contribution in [2.75, 3.05) is 22.7 Å². The monoisotopic (exact) mass is 453 g/mol. The summed E-state index contributed by atoms with van der Waals surface area (Å²) in [4.78, 5) is 11.3. The number of primary sulfonamides is 1. The van der Waals surface area contributed by atoms with E-state index >= 15 is 0 Å². The number of pyridine rings is 1. The van der Waals surface area contributed by atoms with Crippen LogP contribution in [0, 0.1) is 5.41 Å². The molecule has 0 amide bonds. The van der Waals surface area contributed by atoms with Crippen molar-refractivity contribution in [1.82, 2.24) is 15.0 Å². The number of rotatable bonds is 6. The Balaban J connectivity index is 1.87. The van der Waals surface area contributed by atoms with Crippen LogP contribution in [-0.4, -0.2) is 46.7 Å². The highest BCUT2D eigenvalue weighted by Crippen LogP contribution is 2.23. The van der Waals surface area contributed by atoms with Gasteiger partial charge in [-0.25, -0.2) is 23.6 Å². The first-order valence-electron chi connectivity index (χ1n) is 7.67. The van der Waals surface area contributed by atoms with Crippen LogP contribution in [0.4, 0.5) is 11.6 Å². The molecule has 3 rings (SSSR count). The molecule has 0 aliphatic carbocycles. The number of nitrogens with one attached hydrogen (secondary N) is 3. The Morgan fingerprint density at radius 1 is 1.41 bits per heavy atom. The van der Waals surface area contributed by atoms with Gasteiger partial charge in [-0.05, 0) is 24.3 Å². The third kappa shape index (κ3) is 4.60. The quantitative estimate of drug-likeness (QED) is 0.215. The first-order valence-corrected chi connectivity index (χ1v) is 10.2. The second kappa shape index (κ2) is 7.60. The van der Waals surface area contributed by atoms with E-state index in [1.54, 1.807) is 30.3 Å². The molecule has 6 N–H and O–H groups in total. The lowest BCUT2D eigenvalue weighted by Crippen LogP contribution is -2.27. The Hall–Kier alpha value is -2.54. The van der Waals surface area contributed by atoms with Gasteiger partial charge in [-0.1, -0.05) is 22.0 Å². The number of amidine groups is 1. The molecule has 0 saturated heterocycles. The summed E-state index contributed by atoms with van der Waals surface area (Å²) < 4.78 is 22.8. The van der Waals surface area contributed by atoms with Gasteiger partial charge in [-0.2, -0.15) is 4.98 Å². The summed E-state index contributed by atoms with van der Waals surface area (Å²) in [7, 11) is -3.59. The smallest absolute Gasteiger partial charge is 0.210 e. The minimum absolute atomic E-state index is 0.0651. The summed E-state index contributed by atoms with van der Waals surface area (Å²) in [5.74, 6) is -0.151. The zero-order valence-corrected chi connectivity index (χ0v) is 16.2. The number of hydrogen-bond donors (Lipinski definition) is 5. The van der Waals surface area contributed by atoms with Gasteiger partial charge < -0.3 is 10.3 Å². The number of sulfonamides is 1. The Kier molecular flexibility index (Phi) is 5.41. The Morgan fingerprint density at radius 3 is 2.89 bits per heavy atom. The zero-order valence-electron chi connectivity index (χ0n) is 13.8. The fraction of sp³-hybridized carbons (Fsp3) is 0.133. The number of hydrogen-bond acceptors (Lipinski definition) is 7. The Bertz CT molecular complexity index is 1100. The van der Waals surface area contributed by atoms with Gasteiger partial charge in [-0.3, -0.25) is 10.6 Å². The minimum Gasteiger partial charge on any atom is -0.355 e. The minimum atomic E-state index is -3.59. The lowest BCUT2D eigenvalue weighted by atomic mass is 10.2. The average Bonchev–Trinajstić information content (AvgIpc) is 3.02. The van der Waals surface area contributed by atoms with Crippen molar-refractivity contribution in [3.63, 3.8) is 0 Å². The summed E-state index contributed by atoms with van der Waals surface area (Å²) in [6.07, 6.45) is 1.47. The molecular weight excluding hydrogens is 438 g/mol. The van der Waals surface area contributed by atoms with Crippen LogP contribution >= 0.6 is 15.9 Å². The van der Waals surface area contributed by atoms with Crippen molar-refractivity contribution in [2.24, 2.45) is 5.14 Å². The predicted molar refractivity (Wildman–Crippen MR) is 106 cm³/mol. The van der Waals surface area contributed by atoms with Crippen LogP contribution in [0.5, 0.6) is 0 Å². The van der Waals surface area contributed by atoms with Crippen LogP contribution in [0.3, 0.4) is 0 Å². The molecule has 0 saturated carbocycles. The maximum atomic E-state index is 11.0. The van der Waals surface area contributed by atoms with Crippen molar-refractivity contribution in [3.8, 4) is 0 Å². The van der Waals surface area contributed by atoms with E-state index < -0.39 is 10.0 Å². The van der Waals surface area contributed by atoms with Gasteiger partial charge in [0, 0.05) is 22.8 Å². The molecule has 12 heteroatoms. The first-order chi connectivity index (χ1) is 12.7. The molecule has 0 atom stereocenters. The maximum absolute atomic E-state index is 11.0. The molecule has 142 valence electrons. The molecule has 10 nitrogen and oxygen atoms in total. The summed E-state index contributed by atoms with van der Waals surface area (Å²) in [5, 5.41) is 27.2. The van der Waals surface area contributed by atoms with E-state index in [0.717, 1.165) is 9.54 Å². The molecule has 27 heavy (non-hydrogen) atoms. The fourth-order valence-corrected chi connectivity index (χ4v) is 3.13. The molecule has 0 bridgehead atoms. The van der Waals surface area contributed by atoms with E-state index in [-0.39, 0.29) is 24.1 Å². The SMILES string of the molecule is N=C(c1ccnc2nc(NCCS(N)(=O)=O)[nH]c12)N(O)c1cccc(Br)c1. The number of aromatic nitrogens is 3. The van der Waals surface area contributed by atoms with Crippen LogP contribution < -0.4 is 15.5 Å². The van der Waals surface area contributed by atoms with Crippen molar-refractivity contribution in [1.29, 1.82) is 5.41 Å². The van der Waals surface area contributed by atoms with Crippen LogP contribution in [0.2, 0.25) is 0 Å². The number of nitrogens with zero attached hydrogens (tertiary/aromatic N) is 3. The summed E-state index contributed by atoms with van der Waals surface area (Å²) in [6, 6.07) is 8.44. The van der Waals surface area contributed by atoms with Crippen LogP contribution in [0.15, 0.2) is 41.0 Å². The average molecular weight is 454 g/mol. The third-order valence-electron chi connectivity index (χ3n) is 3.59. The number of nitrogens with two attached hydrogens (primary N) is 1. The van der Waals surface area contributed by atoms with E-state index in [9.17, 15) is 13.6 Å². The van der Waals surface area contributed by atoms with Gasteiger partial charge in [0.25, 0.3) is 0 Å². The predicted octanol–water partition coefficient (Wildman–Crippen LogP) is 1.64. The van der Waals surface area contributed by atoms with Crippen molar-refractivity contribution in [3.05, 3.63) is 46.6 Å². The van der Waals surface area contributed by atoms with Gasteiger partial charge in [0.2, 0.25) is 16.0 Å². The van der Waals surface area contributed by atoms with Gasteiger partial charge in [0.05, 0.1) is 17.0 Å². The van der Waals surface area contributed by atoms with E-state index in [4.69, 9.17) is 10.5 Å². The van der Waals surface area contributed by atoms with Crippen LogP contribution in [-0.2, 0) is 10.0 Å². The molecule has 0 radical (unpaired) electrons. The van der Waals surface area contributed by atoms with E-state index in [0.29, 0.717) is 22.4 Å². The number of anilines is 2. The summed E-state index contributed by atoms with van der Waals surface area (Å²) in [5.41, 5.74) is 1.52. The first kappa shape index (κ1) is 19.2.